The molecule has 1 aromatic carbocycles. The van der Waals surface area contributed by atoms with Gasteiger partial charge in [0.25, 0.3) is 0 Å². The maximum absolute atomic E-state index is 6.04. The molecule has 3 aliphatic rings. The molecule has 102 valence electrons. The summed E-state index contributed by atoms with van der Waals surface area (Å²) in [5.74, 6) is 2.74. The van der Waals surface area contributed by atoms with Gasteiger partial charge in [-0.3, -0.25) is 0 Å². The summed E-state index contributed by atoms with van der Waals surface area (Å²) in [7, 11) is 0. The number of fused-ring (bicyclic) bond motifs is 5. The number of hydrogen-bond acceptors (Lipinski definition) is 1. The quantitative estimate of drug-likeness (QED) is 0.678. The molecule has 0 unspecified atom stereocenters. The van der Waals surface area contributed by atoms with Crippen LogP contribution in [-0.2, 0) is 6.42 Å². The highest BCUT2D eigenvalue weighted by atomic mass is 14.6. The standard InChI is InChI=1S/C18H25N/c1-18-9-2-3-17(18)15-7-5-12-4-6-13(19)11-16(12)14(15)8-10-18/h4,6,11,14-15,17H,2-3,5,7-10,19H2,1H3/t14-,15+,17-,18-/m0/s1. The number of anilines is 1. The van der Waals surface area contributed by atoms with Crippen LogP contribution in [-0.4, -0.2) is 0 Å². The molecule has 1 nitrogen and oxygen atoms in total. The molecule has 4 atom stereocenters. The molecule has 1 heteroatoms. The Kier molecular flexibility index (Phi) is 2.49. The first kappa shape index (κ1) is 11.8. The molecular weight excluding hydrogens is 230 g/mol. The van der Waals surface area contributed by atoms with Gasteiger partial charge in [0.2, 0.25) is 0 Å². The summed E-state index contributed by atoms with van der Waals surface area (Å²) in [5, 5.41) is 0. The van der Waals surface area contributed by atoms with Gasteiger partial charge in [0, 0.05) is 5.69 Å². The summed E-state index contributed by atoms with van der Waals surface area (Å²) in [6, 6.07) is 6.65. The summed E-state index contributed by atoms with van der Waals surface area (Å²) in [5.41, 5.74) is 10.8. The largest absolute Gasteiger partial charge is 0.399 e. The third-order valence-electron chi connectivity index (χ3n) is 6.53. The Morgan fingerprint density at radius 1 is 1.16 bits per heavy atom. The molecule has 4 rings (SSSR count). The van der Waals surface area contributed by atoms with Gasteiger partial charge in [0.15, 0.2) is 0 Å². The minimum Gasteiger partial charge on any atom is -0.399 e. The smallest absolute Gasteiger partial charge is 0.0317 e. The first-order chi connectivity index (χ1) is 9.17. The lowest BCUT2D eigenvalue weighted by molar-refractivity contribution is 0.0599. The van der Waals surface area contributed by atoms with Gasteiger partial charge in [-0.1, -0.05) is 19.4 Å². The zero-order valence-corrected chi connectivity index (χ0v) is 12.0. The summed E-state index contributed by atoms with van der Waals surface area (Å²) >= 11 is 0. The predicted octanol–water partition coefficient (Wildman–Crippen LogP) is 4.52. The molecule has 0 heterocycles. The van der Waals surface area contributed by atoms with E-state index in [1.54, 1.807) is 11.1 Å². The van der Waals surface area contributed by atoms with Gasteiger partial charge in [-0.05, 0) is 85.0 Å². The minimum atomic E-state index is 0.666. The Balaban J connectivity index is 1.73. The summed E-state index contributed by atoms with van der Waals surface area (Å²) in [6.07, 6.45) is 9.96. The molecule has 0 bridgehead atoms. The second-order valence-electron chi connectivity index (χ2n) is 7.46. The van der Waals surface area contributed by atoms with Gasteiger partial charge in [0.05, 0.1) is 0 Å². The summed E-state index contributed by atoms with van der Waals surface area (Å²) < 4.78 is 0. The van der Waals surface area contributed by atoms with Crippen LogP contribution in [0, 0.1) is 17.3 Å². The molecule has 2 N–H and O–H groups in total. The van der Waals surface area contributed by atoms with Crippen molar-refractivity contribution < 1.29 is 0 Å². The molecule has 0 saturated heterocycles. The predicted molar refractivity (Wildman–Crippen MR) is 80.1 cm³/mol. The van der Waals surface area contributed by atoms with E-state index in [-0.39, 0.29) is 0 Å². The molecule has 1 aromatic rings. The Labute approximate surface area is 116 Å². The van der Waals surface area contributed by atoms with Crippen LogP contribution < -0.4 is 5.73 Å². The van der Waals surface area contributed by atoms with Crippen molar-refractivity contribution in [3.63, 3.8) is 0 Å². The van der Waals surface area contributed by atoms with Gasteiger partial charge >= 0.3 is 0 Å². The van der Waals surface area contributed by atoms with Crippen molar-refractivity contribution in [2.45, 2.75) is 57.8 Å². The third-order valence-corrected chi connectivity index (χ3v) is 6.53. The monoisotopic (exact) mass is 255 g/mol. The second kappa shape index (κ2) is 4.01. The average Bonchev–Trinajstić information content (AvgIpc) is 2.80. The lowest BCUT2D eigenvalue weighted by Crippen LogP contribution is -2.39. The van der Waals surface area contributed by atoms with Crippen molar-refractivity contribution >= 4 is 5.69 Å². The van der Waals surface area contributed by atoms with Crippen LogP contribution in [0.25, 0.3) is 0 Å². The zero-order valence-electron chi connectivity index (χ0n) is 12.0. The van der Waals surface area contributed by atoms with Gasteiger partial charge in [-0.2, -0.15) is 0 Å². The van der Waals surface area contributed by atoms with E-state index in [0.717, 1.165) is 23.4 Å². The second-order valence-corrected chi connectivity index (χ2v) is 7.46. The summed E-state index contributed by atoms with van der Waals surface area (Å²) in [4.78, 5) is 0. The van der Waals surface area contributed by atoms with Crippen molar-refractivity contribution in [3.05, 3.63) is 29.3 Å². The van der Waals surface area contributed by atoms with Crippen molar-refractivity contribution in [2.24, 2.45) is 17.3 Å². The molecule has 0 aliphatic heterocycles. The van der Waals surface area contributed by atoms with E-state index in [2.05, 4.69) is 25.1 Å². The fourth-order valence-electron chi connectivity index (χ4n) is 5.58. The van der Waals surface area contributed by atoms with Crippen molar-refractivity contribution in [2.75, 3.05) is 5.73 Å². The topological polar surface area (TPSA) is 26.0 Å². The fourth-order valence-corrected chi connectivity index (χ4v) is 5.58. The SMILES string of the molecule is C[C@@]12CCC[C@H]1[C@@H]1CCc3ccc(N)cc3[C@H]1CC2. The number of nitrogens with two attached hydrogens (primary N) is 1. The highest BCUT2D eigenvalue weighted by Crippen LogP contribution is 2.60. The van der Waals surface area contributed by atoms with Gasteiger partial charge < -0.3 is 5.73 Å². The number of aryl methyl sites for hydroxylation is 1. The molecule has 0 radical (unpaired) electrons. The van der Waals surface area contributed by atoms with E-state index in [0.29, 0.717) is 5.41 Å². The Morgan fingerprint density at radius 2 is 2.05 bits per heavy atom. The van der Waals surface area contributed by atoms with E-state index in [1.165, 1.54) is 44.9 Å². The van der Waals surface area contributed by atoms with Crippen molar-refractivity contribution in [1.29, 1.82) is 0 Å². The first-order valence-corrected chi connectivity index (χ1v) is 8.06. The van der Waals surface area contributed by atoms with Gasteiger partial charge in [-0.25, -0.2) is 0 Å². The van der Waals surface area contributed by atoms with E-state index in [9.17, 15) is 0 Å². The van der Waals surface area contributed by atoms with Crippen LogP contribution in [0.2, 0.25) is 0 Å². The van der Waals surface area contributed by atoms with Gasteiger partial charge in [0.1, 0.15) is 0 Å². The normalized spacial score (nSPS) is 40.4. The highest BCUT2D eigenvalue weighted by Gasteiger charge is 2.50. The maximum atomic E-state index is 6.04. The van der Waals surface area contributed by atoms with Crippen LogP contribution in [0.4, 0.5) is 5.69 Å². The van der Waals surface area contributed by atoms with Crippen LogP contribution >= 0.6 is 0 Å². The Hall–Kier alpha value is -0.980. The van der Waals surface area contributed by atoms with E-state index in [1.807, 2.05) is 0 Å². The molecule has 3 aliphatic carbocycles. The molecule has 0 aromatic heterocycles. The fraction of sp³-hybridized carbons (Fsp3) is 0.667. The van der Waals surface area contributed by atoms with Crippen molar-refractivity contribution in [1.82, 2.24) is 0 Å². The van der Waals surface area contributed by atoms with E-state index >= 15 is 0 Å². The lowest BCUT2D eigenvalue weighted by atomic mass is 9.56. The number of rotatable bonds is 0. The van der Waals surface area contributed by atoms with Crippen LogP contribution in [0.5, 0.6) is 0 Å². The number of benzene rings is 1. The molecule has 0 spiro atoms. The molecule has 2 saturated carbocycles. The first-order valence-electron chi connectivity index (χ1n) is 8.06. The number of hydrogen-bond donors (Lipinski definition) is 1. The Bertz CT molecular complexity index is 506. The van der Waals surface area contributed by atoms with Crippen LogP contribution in [0.3, 0.4) is 0 Å². The minimum absolute atomic E-state index is 0.666. The van der Waals surface area contributed by atoms with Crippen LogP contribution in [0.1, 0.15) is 62.5 Å². The molecule has 0 amide bonds. The molecule has 2 fully saturated rings. The summed E-state index contributed by atoms with van der Waals surface area (Å²) in [6.45, 7) is 2.57. The maximum Gasteiger partial charge on any atom is 0.0317 e. The van der Waals surface area contributed by atoms with E-state index in [4.69, 9.17) is 5.73 Å². The van der Waals surface area contributed by atoms with Crippen LogP contribution in [0.15, 0.2) is 18.2 Å². The number of nitrogen functional groups attached to an aromatic ring is 1. The van der Waals surface area contributed by atoms with E-state index < -0.39 is 0 Å². The average molecular weight is 255 g/mol. The molecule has 19 heavy (non-hydrogen) atoms. The van der Waals surface area contributed by atoms with Gasteiger partial charge in [-0.15, -0.1) is 0 Å². The third kappa shape index (κ3) is 1.67. The Morgan fingerprint density at radius 3 is 2.95 bits per heavy atom. The van der Waals surface area contributed by atoms with Crippen molar-refractivity contribution in [3.8, 4) is 0 Å². The highest BCUT2D eigenvalue weighted by molar-refractivity contribution is 5.47. The zero-order chi connectivity index (χ0) is 13.0. The lowest BCUT2D eigenvalue weighted by Gasteiger charge is -2.49. The molecular formula is C18H25N.